The summed E-state index contributed by atoms with van der Waals surface area (Å²) in [5, 5.41) is 5.84. The van der Waals surface area contributed by atoms with Crippen LogP contribution < -0.4 is 5.32 Å². The van der Waals surface area contributed by atoms with Crippen molar-refractivity contribution in [2.75, 3.05) is 20.6 Å². The van der Waals surface area contributed by atoms with Crippen molar-refractivity contribution in [1.29, 1.82) is 0 Å². The van der Waals surface area contributed by atoms with E-state index in [4.69, 9.17) is 0 Å². The van der Waals surface area contributed by atoms with Crippen molar-refractivity contribution in [3.63, 3.8) is 0 Å². The number of hydrogen-bond acceptors (Lipinski definition) is 3. The third-order valence-electron chi connectivity index (χ3n) is 3.46. The maximum atomic E-state index is 3.68. The predicted molar refractivity (Wildman–Crippen MR) is 70.9 cm³/mol. The van der Waals surface area contributed by atoms with Crippen LogP contribution in [0.2, 0.25) is 0 Å². The number of rotatable bonds is 6. The van der Waals surface area contributed by atoms with E-state index in [0.717, 1.165) is 12.5 Å². The molecule has 2 unspecified atom stereocenters. The van der Waals surface area contributed by atoms with Gasteiger partial charge in [0.05, 0.1) is 6.04 Å². The second-order valence-corrected chi connectivity index (χ2v) is 6.01. The van der Waals surface area contributed by atoms with E-state index in [2.05, 4.69) is 48.7 Å². The Hall–Kier alpha value is -0.380. The van der Waals surface area contributed by atoms with E-state index in [1.807, 2.05) is 11.3 Å². The van der Waals surface area contributed by atoms with Crippen molar-refractivity contribution in [3.05, 3.63) is 22.4 Å². The van der Waals surface area contributed by atoms with Crippen LogP contribution in [-0.4, -0.2) is 31.6 Å². The van der Waals surface area contributed by atoms with Crippen LogP contribution >= 0.6 is 11.3 Å². The Bertz CT molecular complexity index is 304. The Morgan fingerprint density at radius 2 is 2.25 bits per heavy atom. The maximum absolute atomic E-state index is 3.68. The van der Waals surface area contributed by atoms with Crippen molar-refractivity contribution in [2.24, 2.45) is 5.92 Å². The molecule has 0 radical (unpaired) electrons. The van der Waals surface area contributed by atoms with Gasteiger partial charge < -0.3 is 10.2 Å². The molecular weight excluding hydrogens is 216 g/mol. The van der Waals surface area contributed by atoms with Gasteiger partial charge in [0.2, 0.25) is 0 Å². The highest BCUT2D eigenvalue weighted by Crippen LogP contribution is 2.32. The average molecular weight is 238 g/mol. The highest BCUT2D eigenvalue weighted by molar-refractivity contribution is 7.10. The molecule has 2 rings (SSSR count). The van der Waals surface area contributed by atoms with Gasteiger partial charge in [0.25, 0.3) is 0 Å². The molecule has 90 valence electrons. The van der Waals surface area contributed by atoms with E-state index in [-0.39, 0.29) is 0 Å². The fourth-order valence-corrected chi connectivity index (χ4v) is 3.00. The second kappa shape index (κ2) is 5.30. The minimum absolute atomic E-state index is 0.515. The van der Waals surface area contributed by atoms with Gasteiger partial charge in [-0.25, -0.2) is 0 Å². The molecule has 1 heterocycles. The molecule has 1 aromatic heterocycles. The number of likely N-dealkylation sites (N-methyl/N-ethyl adjacent to an activating group) is 1. The zero-order chi connectivity index (χ0) is 11.5. The number of nitrogens with one attached hydrogen (secondary N) is 1. The molecule has 16 heavy (non-hydrogen) atoms. The molecule has 1 saturated carbocycles. The molecule has 0 amide bonds. The molecule has 1 aliphatic carbocycles. The number of nitrogens with zero attached hydrogens (tertiary/aromatic N) is 1. The van der Waals surface area contributed by atoms with Crippen molar-refractivity contribution < 1.29 is 0 Å². The molecule has 1 fully saturated rings. The zero-order valence-electron chi connectivity index (χ0n) is 10.4. The molecule has 2 atom stereocenters. The van der Waals surface area contributed by atoms with Gasteiger partial charge in [-0.3, -0.25) is 0 Å². The lowest BCUT2D eigenvalue weighted by Gasteiger charge is -2.25. The molecule has 0 bridgehead atoms. The van der Waals surface area contributed by atoms with E-state index in [9.17, 15) is 0 Å². The summed E-state index contributed by atoms with van der Waals surface area (Å²) < 4.78 is 0. The fraction of sp³-hybridized carbons (Fsp3) is 0.692. The summed E-state index contributed by atoms with van der Waals surface area (Å²) in [6.07, 6.45) is 2.83. The lowest BCUT2D eigenvalue weighted by molar-refractivity contribution is 0.281. The quantitative estimate of drug-likeness (QED) is 0.820. The summed E-state index contributed by atoms with van der Waals surface area (Å²) in [7, 11) is 4.32. The first-order valence-corrected chi connectivity index (χ1v) is 6.99. The van der Waals surface area contributed by atoms with Crippen molar-refractivity contribution in [1.82, 2.24) is 10.2 Å². The van der Waals surface area contributed by atoms with E-state index in [0.29, 0.717) is 12.1 Å². The lowest BCUT2D eigenvalue weighted by atomic mass is 10.1. The Morgan fingerprint density at radius 3 is 2.75 bits per heavy atom. The van der Waals surface area contributed by atoms with E-state index in [1.54, 1.807) is 0 Å². The van der Waals surface area contributed by atoms with Crippen molar-refractivity contribution in [2.45, 2.75) is 31.8 Å². The van der Waals surface area contributed by atoms with Crippen molar-refractivity contribution in [3.8, 4) is 0 Å². The summed E-state index contributed by atoms with van der Waals surface area (Å²) in [5.41, 5.74) is 0. The van der Waals surface area contributed by atoms with Gasteiger partial charge in [-0.05, 0) is 51.2 Å². The lowest BCUT2D eigenvalue weighted by Crippen LogP contribution is -2.36. The summed E-state index contributed by atoms with van der Waals surface area (Å²) in [6, 6.07) is 5.57. The Morgan fingerprint density at radius 1 is 1.50 bits per heavy atom. The van der Waals surface area contributed by atoms with Crippen LogP contribution in [0.4, 0.5) is 0 Å². The second-order valence-electron chi connectivity index (χ2n) is 5.03. The van der Waals surface area contributed by atoms with Crippen LogP contribution in [0.1, 0.15) is 30.7 Å². The zero-order valence-corrected chi connectivity index (χ0v) is 11.3. The summed E-state index contributed by atoms with van der Waals surface area (Å²) in [5.74, 6) is 0.936. The number of hydrogen-bond donors (Lipinski definition) is 1. The van der Waals surface area contributed by atoms with Gasteiger partial charge in [-0.15, -0.1) is 11.3 Å². The largest absolute Gasteiger partial charge is 0.312 e. The first-order valence-electron chi connectivity index (χ1n) is 6.11. The highest BCUT2D eigenvalue weighted by atomic mass is 32.1. The van der Waals surface area contributed by atoms with Crippen LogP contribution in [0.5, 0.6) is 0 Å². The predicted octanol–water partition coefficient (Wildman–Crippen LogP) is 2.74. The molecule has 0 aromatic carbocycles. The maximum Gasteiger partial charge on any atom is 0.0561 e. The van der Waals surface area contributed by atoms with Crippen molar-refractivity contribution >= 4 is 11.3 Å². The molecule has 1 aromatic rings. The van der Waals surface area contributed by atoms with Gasteiger partial charge in [0.1, 0.15) is 0 Å². The Balaban J connectivity index is 1.87. The molecule has 0 spiro atoms. The number of thiophene rings is 1. The molecule has 2 nitrogen and oxygen atoms in total. The molecule has 0 saturated heterocycles. The topological polar surface area (TPSA) is 15.3 Å². The van der Waals surface area contributed by atoms with Crippen LogP contribution in [0.25, 0.3) is 0 Å². The molecule has 1 N–H and O–H groups in total. The average Bonchev–Trinajstić information content (AvgIpc) is 2.96. The van der Waals surface area contributed by atoms with Gasteiger partial charge in [0.15, 0.2) is 0 Å². The van der Waals surface area contributed by atoms with Gasteiger partial charge in [-0.2, -0.15) is 0 Å². The van der Waals surface area contributed by atoms with Gasteiger partial charge >= 0.3 is 0 Å². The SMILES string of the molecule is CC(NCC(c1cccs1)N(C)C)C1CC1. The van der Waals surface area contributed by atoms with Crippen LogP contribution in [0.15, 0.2) is 17.5 Å². The van der Waals surface area contributed by atoms with E-state index < -0.39 is 0 Å². The van der Waals surface area contributed by atoms with Crippen LogP contribution in [0, 0.1) is 5.92 Å². The summed E-state index contributed by atoms with van der Waals surface area (Å²) >= 11 is 1.85. The molecular formula is C13H22N2S. The smallest absolute Gasteiger partial charge is 0.0561 e. The molecule has 1 aliphatic rings. The first-order chi connectivity index (χ1) is 7.68. The Kier molecular flexibility index (Phi) is 4.00. The standard InChI is InChI=1S/C13H22N2S/c1-10(11-6-7-11)14-9-12(15(2)3)13-5-4-8-16-13/h4-5,8,10-12,14H,6-7,9H2,1-3H3. The van der Waals surface area contributed by atoms with E-state index in [1.165, 1.54) is 17.7 Å². The molecule has 3 heteroatoms. The third kappa shape index (κ3) is 3.06. The first kappa shape index (κ1) is 12.1. The monoisotopic (exact) mass is 238 g/mol. The Labute approximate surface area is 103 Å². The summed E-state index contributed by atoms with van der Waals surface area (Å²) in [4.78, 5) is 3.76. The minimum atomic E-state index is 0.515. The summed E-state index contributed by atoms with van der Waals surface area (Å²) in [6.45, 7) is 3.38. The van der Waals surface area contributed by atoms with Crippen LogP contribution in [-0.2, 0) is 0 Å². The fourth-order valence-electron chi connectivity index (χ4n) is 2.08. The normalized spacial score (nSPS) is 20.0. The minimum Gasteiger partial charge on any atom is -0.312 e. The highest BCUT2D eigenvalue weighted by Gasteiger charge is 2.28. The van der Waals surface area contributed by atoms with Gasteiger partial charge in [0, 0.05) is 17.5 Å². The third-order valence-corrected chi connectivity index (χ3v) is 4.43. The molecule has 0 aliphatic heterocycles. The van der Waals surface area contributed by atoms with Crippen LogP contribution in [0.3, 0.4) is 0 Å². The van der Waals surface area contributed by atoms with Gasteiger partial charge in [-0.1, -0.05) is 6.07 Å². The van der Waals surface area contributed by atoms with E-state index >= 15 is 0 Å².